The zero-order chi connectivity index (χ0) is 15.2. The number of nitrogens with zero attached hydrogens (tertiary/aromatic N) is 3. The largest absolute Gasteiger partial charge is 0.496 e. The van der Waals surface area contributed by atoms with Crippen LogP contribution < -0.4 is 10.5 Å². The molecule has 7 nitrogen and oxygen atoms in total. The first-order valence-electron chi connectivity index (χ1n) is 6.58. The van der Waals surface area contributed by atoms with Gasteiger partial charge in [0.15, 0.2) is 5.69 Å². The number of benzene rings is 1. The van der Waals surface area contributed by atoms with E-state index in [2.05, 4.69) is 10.3 Å². The lowest BCUT2D eigenvalue weighted by Crippen LogP contribution is -2.10. The average Bonchev–Trinajstić information content (AvgIpc) is 2.95. The first kappa shape index (κ1) is 15.0. The van der Waals surface area contributed by atoms with Gasteiger partial charge in [0.25, 0.3) is 0 Å². The molecule has 0 unspecified atom stereocenters. The number of methoxy groups -OCH3 is 2. The van der Waals surface area contributed by atoms with E-state index in [1.54, 1.807) is 11.8 Å². The molecule has 0 radical (unpaired) electrons. The van der Waals surface area contributed by atoms with Crippen molar-refractivity contribution in [1.29, 1.82) is 0 Å². The molecule has 0 spiro atoms. The number of rotatable bonds is 6. The fraction of sp³-hybridized carbons (Fsp3) is 0.357. The van der Waals surface area contributed by atoms with E-state index in [0.717, 1.165) is 12.0 Å². The lowest BCUT2D eigenvalue weighted by molar-refractivity contribution is 0.0595. The third-order valence-electron chi connectivity index (χ3n) is 3.05. The van der Waals surface area contributed by atoms with Gasteiger partial charge in [0.2, 0.25) is 0 Å². The van der Waals surface area contributed by atoms with Crippen LogP contribution in [0, 0.1) is 0 Å². The summed E-state index contributed by atoms with van der Waals surface area (Å²) in [4.78, 5) is 11.9. The van der Waals surface area contributed by atoms with Gasteiger partial charge in [-0.2, -0.15) is 0 Å². The van der Waals surface area contributed by atoms with Crippen molar-refractivity contribution in [2.45, 2.75) is 13.0 Å². The standard InChI is InChI=1S/C14H18N4O3/c1-20-11-7-4-3-6-10(11)13-12(14(19)21-2)16-17-18(13)9-5-8-15/h3-4,6-7H,5,8-9,15H2,1-2H3. The zero-order valence-electron chi connectivity index (χ0n) is 12.1. The molecule has 0 fully saturated rings. The predicted molar refractivity (Wildman–Crippen MR) is 77.0 cm³/mol. The topological polar surface area (TPSA) is 92.3 Å². The number of carbonyl (C=O) groups excluding carboxylic acids is 1. The van der Waals surface area contributed by atoms with Gasteiger partial charge < -0.3 is 15.2 Å². The Hall–Kier alpha value is -2.41. The Morgan fingerprint density at radius 1 is 1.33 bits per heavy atom. The molecular weight excluding hydrogens is 272 g/mol. The van der Waals surface area contributed by atoms with E-state index in [4.69, 9.17) is 15.2 Å². The minimum absolute atomic E-state index is 0.166. The second kappa shape index (κ2) is 6.85. The lowest BCUT2D eigenvalue weighted by Gasteiger charge is -2.11. The molecule has 0 saturated carbocycles. The van der Waals surface area contributed by atoms with Gasteiger partial charge in [-0.3, -0.25) is 0 Å². The molecular formula is C14H18N4O3. The second-order valence-electron chi connectivity index (χ2n) is 4.34. The van der Waals surface area contributed by atoms with Crippen LogP contribution in [0.1, 0.15) is 16.9 Å². The molecule has 1 heterocycles. The number of aryl methyl sites for hydroxylation is 1. The molecule has 0 aliphatic heterocycles. The highest BCUT2D eigenvalue weighted by Crippen LogP contribution is 2.31. The second-order valence-corrected chi connectivity index (χ2v) is 4.34. The van der Waals surface area contributed by atoms with Crippen molar-refractivity contribution < 1.29 is 14.3 Å². The number of esters is 1. The maximum atomic E-state index is 11.9. The summed E-state index contributed by atoms with van der Waals surface area (Å²) in [6.45, 7) is 1.09. The number of hydrogen-bond donors (Lipinski definition) is 1. The summed E-state index contributed by atoms with van der Waals surface area (Å²) < 4.78 is 11.8. The van der Waals surface area contributed by atoms with Crippen molar-refractivity contribution in [2.75, 3.05) is 20.8 Å². The molecule has 0 saturated heterocycles. The molecule has 2 rings (SSSR count). The van der Waals surface area contributed by atoms with E-state index in [0.29, 0.717) is 24.5 Å². The van der Waals surface area contributed by atoms with Gasteiger partial charge in [-0.15, -0.1) is 5.10 Å². The highest BCUT2D eigenvalue weighted by Gasteiger charge is 2.23. The number of ether oxygens (including phenoxy) is 2. The van der Waals surface area contributed by atoms with Gasteiger partial charge >= 0.3 is 5.97 Å². The summed E-state index contributed by atoms with van der Waals surface area (Å²) in [5.41, 5.74) is 7.02. The molecule has 2 aromatic rings. The minimum Gasteiger partial charge on any atom is -0.496 e. The van der Waals surface area contributed by atoms with Crippen LogP contribution in [-0.4, -0.2) is 41.7 Å². The first-order chi connectivity index (χ1) is 10.2. The molecule has 112 valence electrons. The van der Waals surface area contributed by atoms with Crippen LogP contribution in [-0.2, 0) is 11.3 Å². The number of carbonyl (C=O) groups is 1. The van der Waals surface area contributed by atoms with Gasteiger partial charge in [0.05, 0.1) is 14.2 Å². The van der Waals surface area contributed by atoms with Crippen molar-refractivity contribution >= 4 is 5.97 Å². The van der Waals surface area contributed by atoms with Gasteiger partial charge in [0.1, 0.15) is 11.4 Å². The van der Waals surface area contributed by atoms with E-state index in [1.807, 2.05) is 24.3 Å². The molecule has 0 bridgehead atoms. The van der Waals surface area contributed by atoms with Crippen LogP contribution in [0.4, 0.5) is 0 Å². The van der Waals surface area contributed by atoms with Crippen LogP contribution in [0.5, 0.6) is 5.75 Å². The third-order valence-corrected chi connectivity index (χ3v) is 3.05. The van der Waals surface area contributed by atoms with Crippen LogP contribution >= 0.6 is 0 Å². The summed E-state index contributed by atoms with van der Waals surface area (Å²) in [6.07, 6.45) is 0.728. The van der Waals surface area contributed by atoms with Crippen molar-refractivity contribution in [3.8, 4) is 17.0 Å². The number of para-hydroxylation sites is 1. The van der Waals surface area contributed by atoms with E-state index in [-0.39, 0.29) is 5.69 Å². The van der Waals surface area contributed by atoms with Crippen molar-refractivity contribution in [3.63, 3.8) is 0 Å². The van der Waals surface area contributed by atoms with E-state index < -0.39 is 5.97 Å². The van der Waals surface area contributed by atoms with E-state index in [9.17, 15) is 4.79 Å². The minimum atomic E-state index is -0.532. The van der Waals surface area contributed by atoms with Crippen molar-refractivity contribution in [1.82, 2.24) is 15.0 Å². The van der Waals surface area contributed by atoms with Gasteiger partial charge in [-0.1, -0.05) is 17.3 Å². The lowest BCUT2D eigenvalue weighted by atomic mass is 10.1. The van der Waals surface area contributed by atoms with Crippen molar-refractivity contribution in [2.24, 2.45) is 5.73 Å². The highest BCUT2D eigenvalue weighted by molar-refractivity contribution is 5.94. The number of aromatic nitrogens is 3. The maximum absolute atomic E-state index is 11.9. The third kappa shape index (κ3) is 3.03. The van der Waals surface area contributed by atoms with E-state index >= 15 is 0 Å². The Bertz CT molecular complexity index is 624. The summed E-state index contributed by atoms with van der Waals surface area (Å²) in [5.74, 6) is 0.105. The predicted octanol–water partition coefficient (Wildman–Crippen LogP) is 1.09. The molecule has 0 amide bonds. The Morgan fingerprint density at radius 2 is 2.10 bits per heavy atom. The normalized spacial score (nSPS) is 10.4. The van der Waals surface area contributed by atoms with Crippen LogP contribution in [0.15, 0.2) is 24.3 Å². The Labute approximate surface area is 122 Å². The quantitative estimate of drug-likeness (QED) is 0.801. The molecule has 0 aliphatic rings. The highest BCUT2D eigenvalue weighted by atomic mass is 16.5. The molecule has 2 N–H and O–H groups in total. The van der Waals surface area contributed by atoms with Crippen molar-refractivity contribution in [3.05, 3.63) is 30.0 Å². The maximum Gasteiger partial charge on any atom is 0.360 e. The summed E-state index contributed by atoms with van der Waals surface area (Å²) >= 11 is 0. The van der Waals surface area contributed by atoms with Crippen LogP contribution in [0.3, 0.4) is 0 Å². The van der Waals surface area contributed by atoms with Gasteiger partial charge in [0, 0.05) is 12.1 Å². The fourth-order valence-electron chi connectivity index (χ4n) is 2.05. The average molecular weight is 290 g/mol. The Kier molecular flexibility index (Phi) is 4.89. The smallest absolute Gasteiger partial charge is 0.360 e. The number of nitrogens with two attached hydrogens (primary N) is 1. The Morgan fingerprint density at radius 3 is 2.76 bits per heavy atom. The summed E-state index contributed by atoms with van der Waals surface area (Å²) in [5, 5.41) is 7.96. The Balaban J connectivity index is 2.57. The summed E-state index contributed by atoms with van der Waals surface area (Å²) in [7, 11) is 2.89. The molecule has 1 aromatic carbocycles. The van der Waals surface area contributed by atoms with Gasteiger partial charge in [-0.05, 0) is 25.1 Å². The zero-order valence-corrected chi connectivity index (χ0v) is 12.1. The van der Waals surface area contributed by atoms with Crippen LogP contribution in [0.25, 0.3) is 11.3 Å². The fourth-order valence-corrected chi connectivity index (χ4v) is 2.05. The van der Waals surface area contributed by atoms with Gasteiger partial charge in [-0.25, -0.2) is 9.48 Å². The molecule has 0 aliphatic carbocycles. The molecule has 7 heteroatoms. The summed E-state index contributed by atoms with van der Waals surface area (Å²) in [6, 6.07) is 7.38. The van der Waals surface area contributed by atoms with E-state index in [1.165, 1.54) is 7.11 Å². The first-order valence-corrected chi connectivity index (χ1v) is 6.58. The molecule has 1 aromatic heterocycles. The number of hydrogen-bond acceptors (Lipinski definition) is 6. The monoisotopic (exact) mass is 290 g/mol. The van der Waals surface area contributed by atoms with Crippen LogP contribution in [0.2, 0.25) is 0 Å². The molecule has 21 heavy (non-hydrogen) atoms. The SMILES string of the molecule is COC(=O)c1nnn(CCCN)c1-c1ccccc1OC. The molecule has 0 atom stereocenters.